The van der Waals surface area contributed by atoms with Crippen molar-refractivity contribution in [2.24, 2.45) is 5.92 Å². The molecule has 1 fully saturated rings. The zero-order valence-corrected chi connectivity index (χ0v) is 11.4. The topological polar surface area (TPSA) is 95.1 Å². The number of rotatable bonds is 4. The highest BCUT2D eigenvalue weighted by molar-refractivity contribution is 5.50. The van der Waals surface area contributed by atoms with Crippen molar-refractivity contribution in [1.82, 2.24) is 9.88 Å². The fraction of sp³-hybridized carbons (Fsp3) is 0.538. The largest absolute Gasteiger partial charge is 0.370 e. The molecule has 0 atom stereocenters. The SMILES string of the molecule is CN1CCC(CNc2ccc([N+](=O)[O-])c(C#N)n2)CC1. The monoisotopic (exact) mass is 275 g/mol. The van der Waals surface area contributed by atoms with Crippen molar-refractivity contribution >= 4 is 11.5 Å². The van der Waals surface area contributed by atoms with Gasteiger partial charge in [0.1, 0.15) is 11.9 Å². The summed E-state index contributed by atoms with van der Waals surface area (Å²) >= 11 is 0. The number of nitrogens with one attached hydrogen (secondary N) is 1. The molecule has 0 spiro atoms. The molecule has 1 aromatic heterocycles. The summed E-state index contributed by atoms with van der Waals surface area (Å²) in [5.74, 6) is 1.10. The standard InChI is InChI=1S/C13H17N5O2/c1-17-6-4-10(5-7-17)9-15-13-3-2-12(18(19)20)11(8-14)16-13/h2-3,10H,4-7,9H2,1H3,(H,15,16). The van der Waals surface area contributed by atoms with Crippen LogP contribution in [0.25, 0.3) is 0 Å². The number of hydrogen-bond donors (Lipinski definition) is 1. The third-order valence-corrected chi connectivity index (χ3v) is 3.59. The molecule has 0 saturated carbocycles. The molecule has 106 valence electrons. The Morgan fingerprint density at radius 3 is 2.85 bits per heavy atom. The number of nitrogens with zero attached hydrogens (tertiary/aromatic N) is 4. The van der Waals surface area contributed by atoms with E-state index in [-0.39, 0.29) is 11.4 Å². The lowest BCUT2D eigenvalue weighted by atomic mass is 9.97. The molecule has 1 N–H and O–H groups in total. The van der Waals surface area contributed by atoms with Crippen LogP contribution in [0.4, 0.5) is 11.5 Å². The number of piperidine rings is 1. The first-order chi connectivity index (χ1) is 9.60. The number of nitro groups is 1. The summed E-state index contributed by atoms with van der Waals surface area (Å²) < 4.78 is 0. The minimum atomic E-state index is -0.591. The predicted molar refractivity (Wildman–Crippen MR) is 74.3 cm³/mol. The Morgan fingerprint density at radius 2 is 2.25 bits per heavy atom. The van der Waals surface area contributed by atoms with Gasteiger partial charge in [-0.1, -0.05) is 0 Å². The summed E-state index contributed by atoms with van der Waals surface area (Å²) in [5, 5.41) is 22.8. The van der Waals surface area contributed by atoms with Gasteiger partial charge in [0.25, 0.3) is 0 Å². The second-order valence-electron chi connectivity index (χ2n) is 5.06. The maximum Gasteiger partial charge on any atom is 0.305 e. The van der Waals surface area contributed by atoms with Crippen LogP contribution in [-0.2, 0) is 0 Å². The highest BCUT2D eigenvalue weighted by Crippen LogP contribution is 2.20. The van der Waals surface area contributed by atoms with Gasteiger partial charge in [-0.05, 0) is 45.0 Å². The van der Waals surface area contributed by atoms with Gasteiger partial charge in [0, 0.05) is 12.6 Å². The number of nitriles is 1. The minimum absolute atomic E-state index is 0.150. The molecule has 1 aromatic rings. The maximum absolute atomic E-state index is 10.7. The highest BCUT2D eigenvalue weighted by Gasteiger charge is 2.18. The van der Waals surface area contributed by atoms with Crippen LogP contribution in [-0.4, -0.2) is 41.5 Å². The summed E-state index contributed by atoms with van der Waals surface area (Å²) in [6.45, 7) is 2.95. The molecular weight excluding hydrogens is 258 g/mol. The average Bonchev–Trinajstić information content (AvgIpc) is 2.46. The molecule has 2 rings (SSSR count). The van der Waals surface area contributed by atoms with Crippen LogP contribution in [0.2, 0.25) is 0 Å². The molecule has 7 nitrogen and oxygen atoms in total. The van der Waals surface area contributed by atoms with Crippen LogP contribution in [0.1, 0.15) is 18.5 Å². The summed E-state index contributed by atoms with van der Waals surface area (Å²) in [4.78, 5) is 16.4. The Kier molecular flexibility index (Phi) is 4.48. The van der Waals surface area contributed by atoms with E-state index in [0.29, 0.717) is 11.7 Å². The van der Waals surface area contributed by atoms with Crippen LogP contribution in [0.3, 0.4) is 0 Å². The summed E-state index contributed by atoms with van der Waals surface area (Å²) in [5.41, 5.74) is -0.402. The summed E-state index contributed by atoms with van der Waals surface area (Å²) in [6.07, 6.45) is 2.25. The molecule has 7 heteroatoms. The van der Waals surface area contributed by atoms with Crippen LogP contribution in [0, 0.1) is 27.4 Å². The molecule has 0 aliphatic carbocycles. The molecule has 20 heavy (non-hydrogen) atoms. The molecular formula is C13H17N5O2. The summed E-state index contributed by atoms with van der Waals surface area (Å²) in [6, 6.07) is 4.63. The lowest BCUT2D eigenvalue weighted by molar-refractivity contribution is -0.385. The van der Waals surface area contributed by atoms with Crippen LogP contribution in [0.5, 0.6) is 0 Å². The quantitative estimate of drug-likeness (QED) is 0.662. The van der Waals surface area contributed by atoms with Crippen molar-refractivity contribution in [1.29, 1.82) is 5.26 Å². The zero-order valence-electron chi connectivity index (χ0n) is 11.4. The van der Waals surface area contributed by atoms with Crippen molar-refractivity contribution in [3.63, 3.8) is 0 Å². The van der Waals surface area contributed by atoms with Crippen molar-refractivity contribution in [2.75, 3.05) is 32.0 Å². The second kappa shape index (κ2) is 6.30. The molecule has 0 unspecified atom stereocenters. The Hall–Kier alpha value is -2.20. The van der Waals surface area contributed by atoms with Gasteiger partial charge in [0.15, 0.2) is 0 Å². The van der Waals surface area contributed by atoms with Crippen LogP contribution in [0.15, 0.2) is 12.1 Å². The van der Waals surface area contributed by atoms with Crippen LogP contribution >= 0.6 is 0 Å². The molecule has 1 aliphatic heterocycles. The van der Waals surface area contributed by atoms with E-state index >= 15 is 0 Å². The van der Waals surface area contributed by atoms with E-state index in [1.807, 2.05) is 0 Å². The van der Waals surface area contributed by atoms with Crippen molar-refractivity contribution in [2.45, 2.75) is 12.8 Å². The smallest absolute Gasteiger partial charge is 0.305 e. The fourth-order valence-corrected chi connectivity index (χ4v) is 2.29. The predicted octanol–water partition coefficient (Wildman–Crippen LogP) is 1.62. The molecule has 0 radical (unpaired) electrons. The summed E-state index contributed by atoms with van der Waals surface area (Å²) in [7, 11) is 2.11. The average molecular weight is 275 g/mol. The van der Waals surface area contributed by atoms with Gasteiger partial charge in [-0.3, -0.25) is 10.1 Å². The highest BCUT2D eigenvalue weighted by atomic mass is 16.6. The van der Waals surface area contributed by atoms with E-state index in [1.54, 1.807) is 12.1 Å². The van der Waals surface area contributed by atoms with Gasteiger partial charge in [0.2, 0.25) is 5.69 Å². The lowest BCUT2D eigenvalue weighted by Gasteiger charge is -2.29. The van der Waals surface area contributed by atoms with Crippen LogP contribution < -0.4 is 5.32 Å². The van der Waals surface area contributed by atoms with Gasteiger partial charge in [0.05, 0.1) is 4.92 Å². The molecule has 1 saturated heterocycles. The zero-order chi connectivity index (χ0) is 14.5. The van der Waals surface area contributed by atoms with Gasteiger partial charge in [-0.25, -0.2) is 4.98 Å². The Morgan fingerprint density at radius 1 is 1.55 bits per heavy atom. The van der Waals surface area contributed by atoms with Gasteiger partial charge in [-0.2, -0.15) is 5.26 Å². The van der Waals surface area contributed by atoms with Crippen molar-refractivity contribution < 1.29 is 4.92 Å². The third-order valence-electron chi connectivity index (χ3n) is 3.59. The second-order valence-corrected chi connectivity index (χ2v) is 5.06. The van der Waals surface area contributed by atoms with E-state index in [1.165, 1.54) is 6.07 Å². The number of pyridine rings is 1. The molecule has 2 heterocycles. The normalized spacial score (nSPS) is 16.6. The molecule has 1 aliphatic rings. The van der Waals surface area contributed by atoms with Gasteiger partial charge in [-0.15, -0.1) is 0 Å². The molecule has 0 bridgehead atoms. The fourth-order valence-electron chi connectivity index (χ4n) is 2.29. The Bertz CT molecular complexity index is 532. The number of aromatic nitrogens is 1. The van der Waals surface area contributed by atoms with Gasteiger partial charge < -0.3 is 10.2 Å². The van der Waals surface area contributed by atoms with E-state index in [0.717, 1.165) is 32.5 Å². The molecule has 0 aromatic carbocycles. The van der Waals surface area contributed by atoms with E-state index in [2.05, 4.69) is 22.2 Å². The van der Waals surface area contributed by atoms with Gasteiger partial charge >= 0.3 is 5.69 Å². The number of likely N-dealkylation sites (tertiary alicyclic amines) is 1. The molecule has 0 amide bonds. The van der Waals surface area contributed by atoms with E-state index in [4.69, 9.17) is 5.26 Å². The number of anilines is 1. The van der Waals surface area contributed by atoms with Crippen molar-refractivity contribution in [3.8, 4) is 6.07 Å². The van der Waals surface area contributed by atoms with E-state index < -0.39 is 4.92 Å². The first-order valence-corrected chi connectivity index (χ1v) is 6.58. The first-order valence-electron chi connectivity index (χ1n) is 6.58. The minimum Gasteiger partial charge on any atom is -0.370 e. The van der Waals surface area contributed by atoms with Crippen molar-refractivity contribution in [3.05, 3.63) is 27.9 Å². The lowest BCUT2D eigenvalue weighted by Crippen LogP contribution is -2.33. The maximum atomic E-state index is 10.7. The Balaban J connectivity index is 1.97. The number of hydrogen-bond acceptors (Lipinski definition) is 6. The van der Waals surface area contributed by atoms with E-state index in [9.17, 15) is 10.1 Å². The Labute approximate surface area is 117 Å². The third kappa shape index (κ3) is 3.42. The first kappa shape index (κ1) is 14.2.